The maximum absolute atomic E-state index is 13.5. The lowest BCUT2D eigenvalue weighted by Crippen LogP contribution is -2.38. The Hall–Kier alpha value is -3.32. The number of nitro groups is 1. The Kier molecular flexibility index (Phi) is 6.66. The van der Waals surface area contributed by atoms with Gasteiger partial charge in [-0.1, -0.05) is 35.9 Å². The van der Waals surface area contributed by atoms with Gasteiger partial charge in [0, 0.05) is 46.5 Å². The molecule has 2 aromatic carbocycles. The van der Waals surface area contributed by atoms with Gasteiger partial charge in [0.05, 0.1) is 11.0 Å². The number of halogens is 1. The van der Waals surface area contributed by atoms with E-state index in [1.807, 2.05) is 12.1 Å². The largest absolute Gasteiger partial charge is 0.462 e. The number of esters is 1. The van der Waals surface area contributed by atoms with Crippen LogP contribution in [0.2, 0.25) is 5.02 Å². The number of hydrogen-bond acceptors (Lipinski definition) is 6. The SMILES string of the molecule is CC1=NC2=C(C(=O)C[C@@H](c3ccc(Cl)cc3)C2)[C@H](c2ccc([N+](=O)[O-])cc2)C1C(=O)OC(C)C. The Labute approximate surface area is 202 Å². The van der Waals surface area contributed by atoms with Crippen molar-refractivity contribution in [1.29, 1.82) is 0 Å². The number of nitro benzene ring substituents is 1. The van der Waals surface area contributed by atoms with E-state index in [0.717, 1.165) is 5.56 Å². The summed E-state index contributed by atoms with van der Waals surface area (Å²) in [6.45, 7) is 5.30. The number of benzene rings is 2. The molecule has 0 bridgehead atoms. The van der Waals surface area contributed by atoms with Crippen LogP contribution in [0.25, 0.3) is 0 Å². The van der Waals surface area contributed by atoms with Gasteiger partial charge < -0.3 is 4.74 Å². The highest BCUT2D eigenvalue weighted by atomic mass is 35.5. The number of rotatable bonds is 5. The standard InChI is InChI=1S/C26H25ClN2O5/c1-14(2)34-26(31)23-15(3)28-21-12-18(16-4-8-19(27)9-5-16)13-22(30)25(21)24(23)17-6-10-20(11-7-17)29(32)33/h4-11,14,18,23-24H,12-13H2,1-3H3/t18-,23?,24+/m0/s1. The van der Waals surface area contributed by atoms with Crippen LogP contribution in [0.3, 0.4) is 0 Å². The lowest BCUT2D eigenvalue weighted by atomic mass is 9.69. The van der Waals surface area contributed by atoms with Gasteiger partial charge in [0.25, 0.3) is 5.69 Å². The average Bonchev–Trinajstić information content (AvgIpc) is 2.78. The third-order valence-electron chi connectivity index (χ3n) is 6.30. The monoisotopic (exact) mass is 480 g/mol. The minimum Gasteiger partial charge on any atom is -0.462 e. The molecule has 0 saturated carbocycles. The highest BCUT2D eigenvalue weighted by Crippen LogP contribution is 2.47. The van der Waals surface area contributed by atoms with Gasteiger partial charge >= 0.3 is 5.97 Å². The van der Waals surface area contributed by atoms with E-state index < -0.39 is 22.7 Å². The van der Waals surface area contributed by atoms with Crippen LogP contribution in [-0.2, 0) is 14.3 Å². The van der Waals surface area contributed by atoms with E-state index >= 15 is 0 Å². The van der Waals surface area contributed by atoms with Crippen molar-refractivity contribution in [3.63, 3.8) is 0 Å². The molecule has 2 aliphatic rings. The lowest BCUT2D eigenvalue weighted by molar-refractivity contribution is -0.384. The van der Waals surface area contributed by atoms with Crippen LogP contribution in [0, 0.1) is 16.0 Å². The summed E-state index contributed by atoms with van der Waals surface area (Å²) >= 11 is 6.02. The van der Waals surface area contributed by atoms with Gasteiger partial charge in [-0.25, -0.2) is 0 Å². The van der Waals surface area contributed by atoms with Crippen molar-refractivity contribution in [2.24, 2.45) is 10.9 Å². The van der Waals surface area contributed by atoms with Crippen LogP contribution in [0.5, 0.6) is 0 Å². The third kappa shape index (κ3) is 4.66. The molecule has 0 N–H and O–H groups in total. The van der Waals surface area contributed by atoms with Crippen molar-refractivity contribution in [3.05, 3.63) is 86.1 Å². The molecule has 0 aromatic heterocycles. The number of allylic oxidation sites excluding steroid dienone is 2. The van der Waals surface area contributed by atoms with Crippen molar-refractivity contribution < 1.29 is 19.2 Å². The first kappa shape index (κ1) is 23.8. The van der Waals surface area contributed by atoms with Crippen molar-refractivity contribution >= 4 is 34.8 Å². The minimum atomic E-state index is -0.779. The summed E-state index contributed by atoms with van der Waals surface area (Å²) in [5.74, 6) is -1.98. The molecule has 1 heterocycles. The zero-order valence-electron chi connectivity index (χ0n) is 19.2. The molecule has 1 unspecified atom stereocenters. The Balaban J connectivity index is 1.79. The molecule has 0 fully saturated rings. The molecule has 0 radical (unpaired) electrons. The highest BCUT2D eigenvalue weighted by Gasteiger charge is 2.45. The molecule has 1 aliphatic heterocycles. The quantitative estimate of drug-likeness (QED) is 0.307. The molecule has 4 rings (SSSR count). The van der Waals surface area contributed by atoms with E-state index in [9.17, 15) is 19.7 Å². The second kappa shape index (κ2) is 9.50. The fourth-order valence-corrected chi connectivity index (χ4v) is 4.93. The van der Waals surface area contributed by atoms with Gasteiger partial charge in [0.1, 0.15) is 5.92 Å². The number of ether oxygens (including phenoxy) is 1. The van der Waals surface area contributed by atoms with Crippen molar-refractivity contribution in [2.75, 3.05) is 0 Å². The molecular formula is C26H25ClN2O5. The first-order chi connectivity index (χ1) is 16.2. The smallest absolute Gasteiger partial charge is 0.315 e. The highest BCUT2D eigenvalue weighted by molar-refractivity contribution is 6.30. The van der Waals surface area contributed by atoms with E-state index in [2.05, 4.69) is 0 Å². The Morgan fingerprint density at radius 1 is 1.09 bits per heavy atom. The number of ketones is 1. The van der Waals surface area contributed by atoms with E-state index in [1.54, 1.807) is 45.0 Å². The molecule has 1 aliphatic carbocycles. The van der Waals surface area contributed by atoms with E-state index in [-0.39, 0.29) is 29.9 Å². The number of carbonyl (C=O) groups is 2. The van der Waals surface area contributed by atoms with Gasteiger partial charge in [0.15, 0.2) is 5.78 Å². The molecule has 2 aromatic rings. The summed E-state index contributed by atoms with van der Waals surface area (Å²) in [6, 6.07) is 13.5. The summed E-state index contributed by atoms with van der Waals surface area (Å²) < 4.78 is 5.52. The second-order valence-electron chi connectivity index (χ2n) is 8.98. The van der Waals surface area contributed by atoms with Gasteiger partial charge in [-0.3, -0.25) is 24.7 Å². The molecule has 34 heavy (non-hydrogen) atoms. The molecule has 0 amide bonds. The molecule has 0 spiro atoms. The maximum Gasteiger partial charge on any atom is 0.315 e. The Bertz CT molecular complexity index is 1200. The maximum atomic E-state index is 13.5. The molecule has 7 nitrogen and oxygen atoms in total. The summed E-state index contributed by atoms with van der Waals surface area (Å²) in [5, 5.41) is 11.8. The number of carbonyl (C=O) groups excluding carboxylic acids is 2. The van der Waals surface area contributed by atoms with Crippen LogP contribution in [0.1, 0.15) is 56.6 Å². The summed E-state index contributed by atoms with van der Waals surface area (Å²) in [4.78, 5) is 42.0. The summed E-state index contributed by atoms with van der Waals surface area (Å²) in [5.41, 5.74) is 3.32. The molecule has 3 atom stereocenters. The van der Waals surface area contributed by atoms with Gasteiger partial charge in [-0.05, 0) is 56.4 Å². The fourth-order valence-electron chi connectivity index (χ4n) is 4.80. The zero-order chi connectivity index (χ0) is 24.6. The number of non-ortho nitro benzene ring substituents is 1. The molecule has 8 heteroatoms. The second-order valence-corrected chi connectivity index (χ2v) is 9.42. The Morgan fingerprint density at radius 3 is 2.29 bits per heavy atom. The number of Topliss-reactive ketones (excluding diaryl/α,β-unsaturated/α-hetero) is 1. The van der Waals surface area contributed by atoms with Crippen LogP contribution >= 0.6 is 11.6 Å². The zero-order valence-corrected chi connectivity index (χ0v) is 19.9. The first-order valence-electron chi connectivity index (χ1n) is 11.2. The van der Waals surface area contributed by atoms with Crippen LogP contribution < -0.4 is 0 Å². The predicted octanol–water partition coefficient (Wildman–Crippen LogP) is 5.77. The van der Waals surface area contributed by atoms with Crippen molar-refractivity contribution in [3.8, 4) is 0 Å². The van der Waals surface area contributed by atoms with Gasteiger partial charge in [0.2, 0.25) is 0 Å². The molecule has 0 saturated heterocycles. The van der Waals surface area contributed by atoms with Crippen LogP contribution in [0.4, 0.5) is 5.69 Å². The average molecular weight is 481 g/mol. The number of nitrogens with zero attached hydrogens (tertiary/aromatic N) is 2. The first-order valence-corrected chi connectivity index (χ1v) is 11.5. The predicted molar refractivity (Wildman–Crippen MR) is 129 cm³/mol. The van der Waals surface area contributed by atoms with Crippen molar-refractivity contribution in [2.45, 2.75) is 51.6 Å². The minimum absolute atomic E-state index is 0.0447. The number of hydrogen-bond donors (Lipinski definition) is 0. The lowest BCUT2D eigenvalue weighted by Gasteiger charge is -2.36. The molecular weight excluding hydrogens is 456 g/mol. The fraction of sp³-hybridized carbons (Fsp3) is 0.346. The molecule has 176 valence electrons. The van der Waals surface area contributed by atoms with E-state index in [1.165, 1.54) is 12.1 Å². The van der Waals surface area contributed by atoms with Gasteiger partial charge in [-0.2, -0.15) is 0 Å². The summed E-state index contributed by atoms with van der Waals surface area (Å²) in [6.07, 6.45) is 0.504. The van der Waals surface area contributed by atoms with Crippen LogP contribution in [-0.4, -0.2) is 28.5 Å². The summed E-state index contributed by atoms with van der Waals surface area (Å²) in [7, 11) is 0. The normalized spacial score (nSPS) is 22.3. The van der Waals surface area contributed by atoms with Crippen molar-refractivity contribution in [1.82, 2.24) is 0 Å². The van der Waals surface area contributed by atoms with Gasteiger partial charge in [-0.15, -0.1) is 0 Å². The van der Waals surface area contributed by atoms with E-state index in [4.69, 9.17) is 21.3 Å². The number of aliphatic imine (C=N–C) groups is 1. The topological polar surface area (TPSA) is 98.9 Å². The Morgan fingerprint density at radius 2 is 1.71 bits per heavy atom. The van der Waals surface area contributed by atoms with Crippen LogP contribution in [0.15, 0.2) is 64.8 Å². The third-order valence-corrected chi connectivity index (χ3v) is 6.55. The van der Waals surface area contributed by atoms with E-state index in [0.29, 0.717) is 34.0 Å².